The number of carbonyl (C=O) groups excluding carboxylic acids is 2. The molecular weight excluding hydrogens is 512 g/mol. The number of rotatable bonds is 8. The normalized spacial score (nSPS) is 10.8. The first-order valence-corrected chi connectivity index (χ1v) is 11.4. The van der Waals surface area contributed by atoms with E-state index in [1.165, 1.54) is 13.3 Å². The molecule has 1 amide bonds. The molecule has 176 valence electrons. The first-order chi connectivity index (χ1) is 17.0. The van der Waals surface area contributed by atoms with Crippen LogP contribution in [0.2, 0.25) is 0 Å². The van der Waals surface area contributed by atoms with Gasteiger partial charge in [0.2, 0.25) is 0 Å². The summed E-state index contributed by atoms with van der Waals surface area (Å²) in [6, 6.07) is 25.4. The topological polar surface area (TPSA) is 86.2 Å². The zero-order valence-corrected chi connectivity index (χ0v) is 20.3. The fraction of sp³-hybridized carbons (Fsp3) is 0.0741. The van der Waals surface area contributed by atoms with Gasteiger partial charge in [-0.15, -0.1) is 0 Å². The molecule has 0 saturated heterocycles. The van der Waals surface area contributed by atoms with E-state index < -0.39 is 11.9 Å². The van der Waals surface area contributed by atoms with E-state index >= 15 is 0 Å². The molecule has 0 aliphatic rings. The zero-order chi connectivity index (χ0) is 24.6. The lowest BCUT2D eigenvalue weighted by Crippen LogP contribution is -2.24. The molecule has 0 spiro atoms. The second-order valence-electron chi connectivity index (χ2n) is 7.37. The summed E-state index contributed by atoms with van der Waals surface area (Å²) in [7, 11) is 1.47. The summed E-state index contributed by atoms with van der Waals surface area (Å²) in [4.78, 5) is 24.6. The number of fused-ring (bicyclic) bond motifs is 1. The van der Waals surface area contributed by atoms with Crippen LogP contribution in [0.4, 0.5) is 0 Å². The third-order valence-corrected chi connectivity index (χ3v) is 5.67. The summed E-state index contributed by atoms with van der Waals surface area (Å²) in [5.74, 6) is 0.287. The number of carbonyl (C=O) groups is 2. The van der Waals surface area contributed by atoms with Gasteiger partial charge in [-0.1, -0.05) is 42.5 Å². The summed E-state index contributed by atoms with van der Waals surface area (Å²) in [6.45, 7) is -0.178. The Morgan fingerprint density at radius 3 is 2.49 bits per heavy atom. The maximum atomic E-state index is 12.5. The Labute approximate surface area is 210 Å². The van der Waals surface area contributed by atoms with Crippen molar-refractivity contribution in [2.75, 3.05) is 13.7 Å². The summed E-state index contributed by atoms with van der Waals surface area (Å²) in [6.07, 6.45) is 1.45. The third kappa shape index (κ3) is 6.24. The highest BCUT2D eigenvalue weighted by Gasteiger charge is 2.15. The molecular formula is C27H21BrN2O5. The number of amides is 1. The second-order valence-corrected chi connectivity index (χ2v) is 8.22. The molecule has 0 saturated carbocycles. The van der Waals surface area contributed by atoms with Gasteiger partial charge in [-0.25, -0.2) is 10.2 Å². The number of ether oxygens (including phenoxy) is 3. The molecule has 0 aliphatic heterocycles. The predicted octanol–water partition coefficient (Wildman–Crippen LogP) is 5.36. The van der Waals surface area contributed by atoms with Gasteiger partial charge >= 0.3 is 5.97 Å². The molecule has 0 bridgehead atoms. The van der Waals surface area contributed by atoms with Crippen molar-refractivity contribution in [1.82, 2.24) is 5.43 Å². The summed E-state index contributed by atoms with van der Waals surface area (Å²) in [5, 5.41) is 6.08. The number of esters is 1. The van der Waals surface area contributed by atoms with Gasteiger partial charge in [0.05, 0.1) is 18.9 Å². The lowest BCUT2D eigenvalue weighted by molar-refractivity contribution is -0.123. The van der Waals surface area contributed by atoms with Gasteiger partial charge in [0.1, 0.15) is 5.75 Å². The van der Waals surface area contributed by atoms with Gasteiger partial charge in [-0.05, 0) is 74.7 Å². The summed E-state index contributed by atoms with van der Waals surface area (Å²) < 4.78 is 17.0. The van der Waals surface area contributed by atoms with E-state index in [4.69, 9.17) is 14.2 Å². The Morgan fingerprint density at radius 1 is 0.914 bits per heavy atom. The molecule has 0 aromatic heterocycles. The van der Waals surface area contributed by atoms with Crippen LogP contribution in [0.5, 0.6) is 17.2 Å². The van der Waals surface area contributed by atoms with Crippen molar-refractivity contribution >= 4 is 44.8 Å². The molecule has 7 nitrogen and oxygen atoms in total. The largest absolute Gasteiger partial charge is 0.493 e. The van der Waals surface area contributed by atoms with E-state index in [0.29, 0.717) is 27.1 Å². The Kier molecular flexibility index (Phi) is 7.74. The van der Waals surface area contributed by atoms with E-state index in [2.05, 4.69) is 26.5 Å². The van der Waals surface area contributed by atoms with Crippen molar-refractivity contribution < 1.29 is 23.8 Å². The highest BCUT2D eigenvalue weighted by atomic mass is 79.9. The molecule has 0 fully saturated rings. The molecule has 0 unspecified atom stereocenters. The molecule has 8 heteroatoms. The van der Waals surface area contributed by atoms with Crippen LogP contribution >= 0.6 is 15.9 Å². The van der Waals surface area contributed by atoms with Crippen LogP contribution in [-0.2, 0) is 4.79 Å². The van der Waals surface area contributed by atoms with Gasteiger partial charge in [-0.3, -0.25) is 4.79 Å². The molecule has 35 heavy (non-hydrogen) atoms. The number of benzene rings is 4. The van der Waals surface area contributed by atoms with E-state index in [1.54, 1.807) is 36.4 Å². The van der Waals surface area contributed by atoms with Gasteiger partial charge in [0.15, 0.2) is 18.1 Å². The number of hydrazone groups is 1. The lowest BCUT2D eigenvalue weighted by atomic mass is 10.1. The minimum atomic E-state index is -0.518. The number of halogens is 1. The Balaban J connectivity index is 1.33. The molecule has 0 atom stereocenters. The number of hydrogen-bond donors (Lipinski definition) is 1. The van der Waals surface area contributed by atoms with Gasteiger partial charge < -0.3 is 14.2 Å². The fourth-order valence-electron chi connectivity index (χ4n) is 3.25. The average molecular weight is 533 g/mol. The first kappa shape index (κ1) is 24.0. The molecule has 4 aromatic carbocycles. The molecule has 0 heterocycles. The first-order valence-electron chi connectivity index (χ1n) is 10.6. The Hall–Kier alpha value is -4.17. The van der Waals surface area contributed by atoms with Gasteiger partial charge in [0.25, 0.3) is 5.91 Å². The van der Waals surface area contributed by atoms with Crippen LogP contribution in [0.25, 0.3) is 10.8 Å². The summed E-state index contributed by atoms with van der Waals surface area (Å²) in [5.41, 5.74) is 3.46. The van der Waals surface area contributed by atoms with Crippen molar-refractivity contribution in [3.05, 3.63) is 101 Å². The van der Waals surface area contributed by atoms with E-state index in [0.717, 1.165) is 10.8 Å². The van der Waals surface area contributed by atoms with Crippen molar-refractivity contribution in [3.8, 4) is 17.2 Å². The fourth-order valence-corrected chi connectivity index (χ4v) is 3.69. The molecule has 0 radical (unpaired) electrons. The molecule has 1 N–H and O–H groups in total. The number of nitrogens with one attached hydrogen (secondary N) is 1. The standard InChI is InChI=1S/C27H21BrN2O5/c1-33-25-14-18(10-13-24(25)35-27(32)22-8-4-5-9-23(22)28)16-29-30-26(31)17-34-21-12-11-19-6-2-3-7-20(19)15-21/h2-16H,17H2,1H3,(H,30,31). The molecule has 4 aromatic rings. The quantitative estimate of drug-likeness (QED) is 0.143. The highest BCUT2D eigenvalue weighted by Crippen LogP contribution is 2.29. The monoisotopic (exact) mass is 532 g/mol. The minimum absolute atomic E-state index is 0.178. The van der Waals surface area contributed by atoms with Crippen LogP contribution < -0.4 is 19.6 Å². The maximum Gasteiger partial charge on any atom is 0.344 e. The van der Waals surface area contributed by atoms with E-state index in [1.807, 2.05) is 48.5 Å². The van der Waals surface area contributed by atoms with E-state index in [-0.39, 0.29) is 12.4 Å². The third-order valence-electron chi connectivity index (χ3n) is 4.98. The van der Waals surface area contributed by atoms with Crippen molar-refractivity contribution in [2.45, 2.75) is 0 Å². The Morgan fingerprint density at radius 2 is 1.69 bits per heavy atom. The van der Waals surface area contributed by atoms with Crippen LogP contribution in [0.1, 0.15) is 15.9 Å². The van der Waals surface area contributed by atoms with Crippen LogP contribution in [0.15, 0.2) is 94.5 Å². The Bertz CT molecular complexity index is 1400. The van der Waals surface area contributed by atoms with Crippen LogP contribution in [0.3, 0.4) is 0 Å². The maximum absolute atomic E-state index is 12.5. The summed E-state index contributed by atoms with van der Waals surface area (Å²) >= 11 is 3.34. The number of hydrogen-bond acceptors (Lipinski definition) is 6. The minimum Gasteiger partial charge on any atom is -0.493 e. The SMILES string of the molecule is COc1cc(C=NNC(=O)COc2ccc3ccccc3c2)ccc1OC(=O)c1ccccc1Br. The predicted molar refractivity (Wildman–Crippen MR) is 137 cm³/mol. The van der Waals surface area contributed by atoms with Gasteiger partial charge in [0, 0.05) is 4.47 Å². The average Bonchev–Trinajstić information content (AvgIpc) is 2.88. The zero-order valence-electron chi connectivity index (χ0n) is 18.7. The van der Waals surface area contributed by atoms with Crippen molar-refractivity contribution in [3.63, 3.8) is 0 Å². The smallest absolute Gasteiger partial charge is 0.344 e. The van der Waals surface area contributed by atoms with Crippen molar-refractivity contribution in [1.29, 1.82) is 0 Å². The van der Waals surface area contributed by atoms with E-state index in [9.17, 15) is 9.59 Å². The van der Waals surface area contributed by atoms with Crippen LogP contribution in [0, 0.1) is 0 Å². The van der Waals surface area contributed by atoms with Crippen LogP contribution in [-0.4, -0.2) is 31.8 Å². The highest BCUT2D eigenvalue weighted by molar-refractivity contribution is 9.10. The number of nitrogens with zero attached hydrogens (tertiary/aromatic N) is 1. The molecule has 0 aliphatic carbocycles. The number of methoxy groups -OCH3 is 1. The van der Waals surface area contributed by atoms with Crippen molar-refractivity contribution in [2.24, 2.45) is 5.10 Å². The second kappa shape index (κ2) is 11.3. The lowest BCUT2D eigenvalue weighted by Gasteiger charge is -2.10. The molecule has 4 rings (SSSR count). The van der Waals surface area contributed by atoms with Gasteiger partial charge in [-0.2, -0.15) is 5.10 Å².